The average Bonchev–Trinajstić information content (AvgIpc) is 3.18. The molecule has 6 nitrogen and oxygen atoms in total. The summed E-state index contributed by atoms with van der Waals surface area (Å²) in [4.78, 5) is 18.7. The van der Waals surface area contributed by atoms with Crippen LogP contribution in [-0.4, -0.2) is 35.2 Å². The standard InChI is InChI=1S/C17H20N4O2/c1-11-9-21(13-4-6-18-7-5-13)10-15(11)19-17(22)14-8-16(23-20-14)12-2-3-12/h4-8,11-12,15H,2-3,9-10H2,1H3,(H,19,22)/t11-,15-/m1/s1. The SMILES string of the molecule is C[C@@H]1CN(c2ccncc2)C[C@H]1NC(=O)c1cc(C2CC2)on1. The first kappa shape index (κ1) is 14.2. The van der Waals surface area contributed by atoms with Gasteiger partial charge in [0.15, 0.2) is 5.69 Å². The number of carbonyl (C=O) groups excluding carboxylic acids is 1. The number of amides is 1. The first-order chi connectivity index (χ1) is 11.2. The van der Waals surface area contributed by atoms with Gasteiger partial charge in [-0.3, -0.25) is 9.78 Å². The predicted molar refractivity (Wildman–Crippen MR) is 85.3 cm³/mol. The van der Waals surface area contributed by atoms with Crippen LogP contribution in [0.2, 0.25) is 0 Å². The lowest BCUT2D eigenvalue weighted by molar-refractivity contribution is 0.0924. The number of carbonyl (C=O) groups is 1. The molecule has 1 N–H and O–H groups in total. The first-order valence-corrected chi connectivity index (χ1v) is 8.13. The lowest BCUT2D eigenvalue weighted by atomic mass is 10.1. The summed E-state index contributed by atoms with van der Waals surface area (Å²) in [6.07, 6.45) is 5.86. The Kier molecular flexibility index (Phi) is 3.52. The van der Waals surface area contributed by atoms with Crippen molar-refractivity contribution in [3.8, 4) is 0 Å². The molecule has 0 aromatic carbocycles. The molecule has 2 aliphatic rings. The number of rotatable bonds is 4. The normalized spacial score (nSPS) is 24.0. The highest BCUT2D eigenvalue weighted by molar-refractivity contribution is 5.92. The number of aromatic nitrogens is 2. The zero-order valence-electron chi connectivity index (χ0n) is 13.1. The molecule has 1 amide bonds. The molecule has 0 bridgehead atoms. The fourth-order valence-corrected chi connectivity index (χ4v) is 3.12. The molecule has 23 heavy (non-hydrogen) atoms. The minimum atomic E-state index is -0.144. The Morgan fingerprint density at radius 2 is 2.09 bits per heavy atom. The van der Waals surface area contributed by atoms with E-state index in [2.05, 4.69) is 27.3 Å². The summed E-state index contributed by atoms with van der Waals surface area (Å²) < 4.78 is 5.26. The quantitative estimate of drug-likeness (QED) is 0.937. The summed E-state index contributed by atoms with van der Waals surface area (Å²) in [5, 5.41) is 7.01. The maximum atomic E-state index is 12.4. The highest BCUT2D eigenvalue weighted by Crippen LogP contribution is 2.40. The zero-order chi connectivity index (χ0) is 15.8. The average molecular weight is 312 g/mol. The molecule has 1 aliphatic carbocycles. The van der Waals surface area contributed by atoms with Crippen molar-refractivity contribution in [3.05, 3.63) is 42.0 Å². The Bertz CT molecular complexity index is 696. The van der Waals surface area contributed by atoms with Crippen LogP contribution in [0, 0.1) is 5.92 Å². The highest BCUT2D eigenvalue weighted by atomic mass is 16.5. The molecule has 120 valence electrons. The molecule has 2 atom stereocenters. The number of nitrogens with zero attached hydrogens (tertiary/aromatic N) is 3. The van der Waals surface area contributed by atoms with Gasteiger partial charge in [0.2, 0.25) is 0 Å². The van der Waals surface area contributed by atoms with Crippen molar-refractivity contribution >= 4 is 11.6 Å². The molecule has 2 aromatic rings. The third kappa shape index (κ3) is 2.93. The van der Waals surface area contributed by atoms with Crippen LogP contribution in [0.3, 0.4) is 0 Å². The van der Waals surface area contributed by atoms with E-state index in [0.29, 0.717) is 17.5 Å². The molecule has 2 aromatic heterocycles. The van der Waals surface area contributed by atoms with Gasteiger partial charge in [-0.05, 0) is 30.9 Å². The Hall–Kier alpha value is -2.37. The summed E-state index contributed by atoms with van der Waals surface area (Å²) in [6.45, 7) is 3.87. The van der Waals surface area contributed by atoms with Crippen LogP contribution in [0.4, 0.5) is 5.69 Å². The lowest BCUT2D eigenvalue weighted by Gasteiger charge is -2.18. The second kappa shape index (κ2) is 5.68. The molecule has 0 unspecified atom stereocenters. The zero-order valence-corrected chi connectivity index (χ0v) is 13.1. The van der Waals surface area contributed by atoms with Gasteiger partial charge in [-0.1, -0.05) is 12.1 Å². The van der Waals surface area contributed by atoms with Crippen LogP contribution in [0.1, 0.15) is 41.9 Å². The van der Waals surface area contributed by atoms with Gasteiger partial charge in [-0.15, -0.1) is 0 Å². The Labute approximate surface area is 134 Å². The van der Waals surface area contributed by atoms with Gasteiger partial charge in [-0.25, -0.2) is 0 Å². The summed E-state index contributed by atoms with van der Waals surface area (Å²) in [7, 11) is 0. The van der Waals surface area contributed by atoms with Crippen LogP contribution < -0.4 is 10.2 Å². The Morgan fingerprint density at radius 3 is 2.83 bits per heavy atom. The number of nitrogens with one attached hydrogen (secondary N) is 1. The van der Waals surface area contributed by atoms with Crippen molar-refractivity contribution in [1.82, 2.24) is 15.5 Å². The minimum Gasteiger partial charge on any atom is -0.369 e. The smallest absolute Gasteiger partial charge is 0.273 e. The fourth-order valence-electron chi connectivity index (χ4n) is 3.12. The van der Waals surface area contributed by atoms with Crippen molar-refractivity contribution in [2.24, 2.45) is 5.92 Å². The second-order valence-corrected chi connectivity index (χ2v) is 6.56. The molecule has 1 saturated carbocycles. The Balaban J connectivity index is 1.40. The van der Waals surface area contributed by atoms with Gasteiger partial charge >= 0.3 is 0 Å². The van der Waals surface area contributed by atoms with Crippen molar-refractivity contribution in [2.45, 2.75) is 31.7 Å². The highest BCUT2D eigenvalue weighted by Gasteiger charge is 2.33. The van der Waals surface area contributed by atoms with E-state index >= 15 is 0 Å². The van der Waals surface area contributed by atoms with Gasteiger partial charge < -0.3 is 14.7 Å². The number of anilines is 1. The van der Waals surface area contributed by atoms with Crippen molar-refractivity contribution in [2.75, 3.05) is 18.0 Å². The molecular weight excluding hydrogens is 292 g/mol. The van der Waals surface area contributed by atoms with Crippen LogP contribution >= 0.6 is 0 Å². The van der Waals surface area contributed by atoms with E-state index in [1.54, 1.807) is 18.5 Å². The van der Waals surface area contributed by atoms with Gasteiger partial charge in [0.1, 0.15) is 5.76 Å². The minimum absolute atomic E-state index is 0.108. The lowest BCUT2D eigenvalue weighted by Crippen LogP contribution is -2.40. The van der Waals surface area contributed by atoms with Gasteiger partial charge in [-0.2, -0.15) is 0 Å². The van der Waals surface area contributed by atoms with E-state index in [4.69, 9.17) is 4.52 Å². The van der Waals surface area contributed by atoms with Crippen molar-refractivity contribution < 1.29 is 9.32 Å². The van der Waals surface area contributed by atoms with Gasteiger partial charge in [0, 0.05) is 43.2 Å². The Morgan fingerprint density at radius 1 is 1.30 bits per heavy atom. The largest absolute Gasteiger partial charge is 0.369 e. The van der Waals surface area contributed by atoms with Crippen LogP contribution in [0.15, 0.2) is 35.1 Å². The van der Waals surface area contributed by atoms with Crippen molar-refractivity contribution in [1.29, 1.82) is 0 Å². The molecule has 4 rings (SSSR count). The van der Waals surface area contributed by atoms with Crippen molar-refractivity contribution in [3.63, 3.8) is 0 Å². The number of hydrogen-bond acceptors (Lipinski definition) is 5. The van der Waals surface area contributed by atoms with E-state index in [1.165, 1.54) is 0 Å². The van der Waals surface area contributed by atoms with Gasteiger partial charge in [0.05, 0.1) is 6.04 Å². The maximum absolute atomic E-state index is 12.4. The molecule has 1 aliphatic heterocycles. The molecule has 6 heteroatoms. The van der Waals surface area contributed by atoms with Crippen LogP contribution in [-0.2, 0) is 0 Å². The first-order valence-electron chi connectivity index (χ1n) is 8.13. The molecule has 3 heterocycles. The third-order valence-electron chi connectivity index (χ3n) is 4.70. The maximum Gasteiger partial charge on any atom is 0.273 e. The number of pyridine rings is 1. The molecule has 0 spiro atoms. The van der Waals surface area contributed by atoms with E-state index in [1.807, 2.05) is 12.1 Å². The monoisotopic (exact) mass is 312 g/mol. The van der Waals surface area contributed by atoms with E-state index in [0.717, 1.165) is 37.4 Å². The molecule has 1 saturated heterocycles. The van der Waals surface area contributed by atoms with Gasteiger partial charge in [0.25, 0.3) is 5.91 Å². The fraction of sp³-hybridized carbons (Fsp3) is 0.471. The van der Waals surface area contributed by atoms with E-state index in [9.17, 15) is 4.79 Å². The summed E-state index contributed by atoms with van der Waals surface area (Å²) in [5.74, 6) is 1.54. The van der Waals surface area contributed by atoms with E-state index in [-0.39, 0.29) is 11.9 Å². The van der Waals surface area contributed by atoms with Crippen LogP contribution in [0.5, 0.6) is 0 Å². The summed E-state index contributed by atoms with van der Waals surface area (Å²) in [6, 6.07) is 5.89. The summed E-state index contributed by atoms with van der Waals surface area (Å²) >= 11 is 0. The topological polar surface area (TPSA) is 71.3 Å². The molecule has 2 fully saturated rings. The van der Waals surface area contributed by atoms with Crippen LogP contribution in [0.25, 0.3) is 0 Å². The molecule has 0 radical (unpaired) electrons. The second-order valence-electron chi connectivity index (χ2n) is 6.56. The predicted octanol–water partition coefficient (Wildman–Crippen LogP) is 2.20. The summed E-state index contributed by atoms with van der Waals surface area (Å²) in [5.41, 5.74) is 1.53. The molecular formula is C17H20N4O2. The third-order valence-corrected chi connectivity index (χ3v) is 4.70. The number of hydrogen-bond donors (Lipinski definition) is 1. The van der Waals surface area contributed by atoms with E-state index < -0.39 is 0 Å².